The van der Waals surface area contributed by atoms with Crippen LogP contribution in [0.2, 0.25) is 0 Å². The van der Waals surface area contributed by atoms with Crippen molar-refractivity contribution < 1.29 is 29.6 Å². The van der Waals surface area contributed by atoms with Gasteiger partial charge in [-0.15, -0.1) is 0 Å². The fourth-order valence-electron chi connectivity index (χ4n) is 7.25. The van der Waals surface area contributed by atoms with Crippen molar-refractivity contribution in [3.8, 4) is 0 Å². The molecule has 4 rings (SSSR count). The van der Waals surface area contributed by atoms with Crippen LogP contribution in [0.15, 0.2) is 23.8 Å². The van der Waals surface area contributed by atoms with Gasteiger partial charge in [0.05, 0.1) is 11.7 Å². The van der Waals surface area contributed by atoms with Gasteiger partial charge < -0.3 is 20.1 Å². The monoisotopic (exact) mass is 404 g/mol. The third-order valence-electron chi connectivity index (χ3n) is 8.71. The fraction of sp³-hybridized carbons (Fsp3) is 0.739. The van der Waals surface area contributed by atoms with Crippen LogP contribution in [0.1, 0.15) is 52.9 Å². The summed E-state index contributed by atoms with van der Waals surface area (Å²) >= 11 is 0. The molecule has 160 valence electrons. The maximum Gasteiger partial charge on any atom is 0.302 e. The maximum absolute atomic E-state index is 11.9. The molecule has 0 aliphatic heterocycles. The minimum absolute atomic E-state index is 0.00916. The van der Waals surface area contributed by atoms with Gasteiger partial charge in [0.1, 0.15) is 12.7 Å². The van der Waals surface area contributed by atoms with Gasteiger partial charge in [-0.25, -0.2) is 0 Å². The van der Waals surface area contributed by atoms with Crippen LogP contribution in [0, 0.1) is 28.6 Å². The van der Waals surface area contributed by atoms with E-state index in [1.165, 1.54) is 6.92 Å². The van der Waals surface area contributed by atoms with Crippen molar-refractivity contribution in [3.05, 3.63) is 23.8 Å². The molecule has 0 bridgehead atoms. The smallest absolute Gasteiger partial charge is 0.302 e. The highest BCUT2D eigenvalue weighted by molar-refractivity contribution is 6.01. The Morgan fingerprint density at radius 1 is 1.34 bits per heavy atom. The topological polar surface area (TPSA) is 104 Å². The third kappa shape index (κ3) is 2.87. The number of ether oxygens (including phenoxy) is 1. The molecule has 0 amide bonds. The first-order valence-electron chi connectivity index (χ1n) is 10.7. The molecule has 3 N–H and O–H groups in total. The lowest BCUT2D eigenvalue weighted by Gasteiger charge is -2.60. The Morgan fingerprint density at radius 3 is 2.76 bits per heavy atom. The van der Waals surface area contributed by atoms with Crippen molar-refractivity contribution in [2.24, 2.45) is 28.6 Å². The summed E-state index contributed by atoms with van der Waals surface area (Å²) in [5.74, 6) is -0.155. The van der Waals surface area contributed by atoms with Crippen LogP contribution >= 0.6 is 0 Å². The summed E-state index contributed by atoms with van der Waals surface area (Å²) in [5, 5.41) is 33.6. The highest BCUT2D eigenvalue weighted by Crippen LogP contribution is 2.67. The van der Waals surface area contributed by atoms with Crippen molar-refractivity contribution in [2.75, 3.05) is 6.61 Å². The van der Waals surface area contributed by atoms with Gasteiger partial charge >= 0.3 is 5.97 Å². The number of hydrogen-bond donors (Lipinski definition) is 3. The van der Waals surface area contributed by atoms with Gasteiger partial charge in [-0.1, -0.05) is 25.5 Å². The van der Waals surface area contributed by atoms with Gasteiger partial charge in [-0.3, -0.25) is 9.59 Å². The summed E-state index contributed by atoms with van der Waals surface area (Å²) < 4.78 is 4.98. The van der Waals surface area contributed by atoms with E-state index >= 15 is 0 Å². The van der Waals surface area contributed by atoms with Crippen LogP contribution in [0.4, 0.5) is 0 Å². The molecule has 0 spiro atoms. The quantitative estimate of drug-likeness (QED) is 0.621. The molecule has 4 aliphatic carbocycles. The van der Waals surface area contributed by atoms with Crippen LogP contribution in [0.25, 0.3) is 0 Å². The number of aliphatic hydroxyl groups excluding tert-OH is 2. The molecule has 3 fully saturated rings. The van der Waals surface area contributed by atoms with Crippen LogP contribution in [0.3, 0.4) is 0 Å². The van der Waals surface area contributed by atoms with Crippen molar-refractivity contribution >= 4 is 11.8 Å². The van der Waals surface area contributed by atoms with Crippen LogP contribution < -0.4 is 0 Å². The lowest BCUT2D eigenvalue weighted by molar-refractivity contribution is -0.207. The van der Waals surface area contributed by atoms with Crippen LogP contribution in [-0.2, 0) is 14.3 Å². The minimum Gasteiger partial charge on any atom is -0.463 e. The molecule has 0 unspecified atom stereocenters. The Kier molecular flexibility index (Phi) is 4.84. The first-order chi connectivity index (χ1) is 13.5. The molecule has 3 saturated carbocycles. The highest BCUT2D eigenvalue weighted by Gasteiger charge is 2.67. The SMILES string of the molecule is CC(=O)OC[C@@H](O)[C@]1(O)CC[C@H]2[C@@H]3CCC4=CC(=O)C=C[C@]4(C)[C@H]3[C@@H](O)C[C@@]21C. The predicted molar refractivity (Wildman–Crippen MR) is 106 cm³/mol. The Bertz CT molecular complexity index is 786. The van der Waals surface area contributed by atoms with Gasteiger partial charge in [0.15, 0.2) is 5.78 Å². The zero-order valence-electron chi connectivity index (χ0n) is 17.4. The molecule has 6 nitrogen and oxygen atoms in total. The highest BCUT2D eigenvalue weighted by atomic mass is 16.5. The van der Waals surface area contributed by atoms with Gasteiger partial charge in [-0.05, 0) is 56.1 Å². The van der Waals surface area contributed by atoms with E-state index in [0.29, 0.717) is 12.8 Å². The molecule has 0 saturated heterocycles. The van der Waals surface area contributed by atoms with Gasteiger partial charge in [-0.2, -0.15) is 0 Å². The normalized spacial score (nSPS) is 47.0. The van der Waals surface area contributed by atoms with Crippen LogP contribution in [-0.4, -0.2) is 51.5 Å². The summed E-state index contributed by atoms with van der Waals surface area (Å²) in [7, 11) is 0. The summed E-state index contributed by atoms with van der Waals surface area (Å²) in [4.78, 5) is 23.1. The molecule has 0 aromatic heterocycles. The molecular formula is C23H32O6. The van der Waals surface area contributed by atoms with Gasteiger partial charge in [0.2, 0.25) is 0 Å². The molecule has 0 aromatic carbocycles. The van der Waals surface area contributed by atoms with E-state index in [9.17, 15) is 24.9 Å². The average Bonchev–Trinajstić information content (AvgIpc) is 2.91. The Labute approximate surface area is 171 Å². The molecule has 8 atom stereocenters. The standard InChI is InChI=1S/C23H32O6/c1-13(24)29-12-19(27)23(28)9-7-17-16-5-4-14-10-15(25)6-8-21(14,2)20(16)18(26)11-22(17,23)3/h6,8,10,16-20,26-28H,4-5,7,9,11-12H2,1-3H3/t16-,17-,18-,19+,20+,21-,22-,23+/m0/s1. The second kappa shape index (κ2) is 6.76. The van der Waals surface area contributed by atoms with Crippen LogP contribution in [0.5, 0.6) is 0 Å². The third-order valence-corrected chi connectivity index (χ3v) is 8.71. The Morgan fingerprint density at radius 2 is 2.07 bits per heavy atom. The number of rotatable bonds is 3. The summed E-state index contributed by atoms with van der Waals surface area (Å²) in [6, 6.07) is 0. The number of ketones is 1. The average molecular weight is 405 g/mol. The zero-order valence-corrected chi connectivity index (χ0v) is 17.4. The zero-order chi connectivity index (χ0) is 21.2. The summed E-state index contributed by atoms with van der Waals surface area (Å²) in [5.41, 5.74) is -1.33. The molecule has 29 heavy (non-hydrogen) atoms. The number of esters is 1. The molecule has 0 heterocycles. The second-order valence-electron chi connectivity index (χ2n) is 9.99. The van der Waals surface area contributed by atoms with E-state index in [0.717, 1.165) is 24.8 Å². The van der Waals surface area contributed by atoms with Crippen molar-refractivity contribution in [3.63, 3.8) is 0 Å². The number of fused-ring (bicyclic) bond motifs is 5. The lowest BCUT2D eigenvalue weighted by atomic mass is 9.46. The van der Waals surface area contributed by atoms with Crippen molar-refractivity contribution in [1.29, 1.82) is 0 Å². The number of aliphatic hydroxyl groups is 3. The lowest BCUT2D eigenvalue weighted by Crippen LogP contribution is -2.62. The van der Waals surface area contributed by atoms with E-state index in [1.54, 1.807) is 12.2 Å². The van der Waals surface area contributed by atoms with E-state index in [2.05, 4.69) is 6.92 Å². The first kappa shape index (κ1) is 20.8. The molecular weight excluding hydrogens is 372 g/mol. The van der Waals surface area contributed by atoms with Crippen molar-refractivity contribution in [2.45, 2.75) is 70.7 Å². The first-order valence-corrected chi connectivity index (χ1v) is 10.7. The Balaban J connectivity index is 1.65. The van der Waals surface area contributed by atoms with E-state index in [1.807, 2.05) is 13.0 Å². The number of allylic oxidation sites excluding steroid dienone is 4. The summed E-state index contributed by atoms with van der Waals surface area (Å²) in [6.45, 7) is 5.12. The molecule has 0 radical (unpaired) electrons. The fourth-order valence-corrected chi connectivity index (χ4v) is 7.25. The summed E-state index contributed by atoms with van der Waals surface area (Å²) in [6.07, 6.45) is 6.68. The van der Waals surface area contributed by atoms with Gasteiger partial charge in [0.25, 0.3) is 0 Å². The number of carbonyl (C=O) groups excluding carboxylic acids is 2. The number of hydrogen-bond acceptors (Lipinski definition) is 6. The molecule has 6 heteroatoms. The van der Waals surface area contributed by atoms with E-state index in [4.69, 9.17) is 4.74 Å². The Hall–Kier alpha value is -1.50. The minimum atomic E-state index is -1.41. The second-order valence-corrected chi connectivity index (χ2v) is 9.99. The van der Waals surface area contributed by atoms with Crippen molar-refractivity contribution in [1.82, 2.24) is 0 Å². The van der Waals surface area contributed by atoms with Gasteiger partial charge in [0, 0.05) is 23.7 Å². The largest absolute Gasteiger partial charge is 0.463 e. The van der Waals surface area contributed by atoms with E-state index < -0.39 is 29.2 Å². The predicted octanol–water partition coefficient (Wildman–Crippen LogP) is 1.92. The number of carbonyl (C=O) groups is 2. The maximum atomic E-state index is 11.9. The molecule has 4 aliphatic rings. The van der Waals surface area contributed by atoms with E-state index in [-0.39, 0.29) is 35.6 Å². The molecule has 0 aromatic rings.